The summed E-state index contributed by atoms with van der Waals surface area (Å²) in [6.45, 7) is 5.06. The summed E-state index contributed by atoms with van der Waals surface area (Å²) in [7, 11) is 0. The van der Waals surface area contributed by atoms with Crippen LogP contribution in [0.1, 0.15) is 19.3 Å². The number of carbonyl (C=O) groups is 2. The minimum absolute atomic E-state index is 0.0259. The monoisotopic (exact) mass is 375 g/mol. The molecule has 3 saturated heterocycles. The first kappa shape index (κ1) is 18.4. The number of anilines is 1. The van der Waals surface area contributed by atoms with Gasteiger partial charge in [-0.1, -0.05) is 0 Å². The van der Waals surface area contributed by atoms with Crippen molar-refractivity contribution in [3.63, 3.8) is 0 Å². The number of halogens is 1. The average molecular weight is 375 g/mol. The molecule has 1 aromatic carbocycles. The molecule has 1 unspecified atom stereocenters. The first-order valence-corrected chi connectivity index (χ1v) is 9.69. The van der Waals surface area contributed by atoms with Gasteiger partial charge in [-0.15, -0.1) is 0 Å². The standard InChI is InChI=1S/C20H26FN3O3/c21-16-3-5-17(6-4-16)24-14-20(11-18(24)25)13-22(9-10-27-15-20)12-19(26)23-7-1-2-8-23/h3-6H,1-2,7-15H2. The Labute approximate surface area is 158 Å². The topological polar surface area (TPSA) is 53.1 Å². The first-order chi connectivity index (χ1) is 13.0. The molecule has 0 saturated carbocycles. The van der Waals surface area contributed by atoms with Crippen molar-refractivity contribution in [2.24, 2.45) is 5.41 Å². The van der Waals surface area contributed by atoms with E-state index >= 15 is 0 Å². The Morgan fingerprint density at radius 3 is 2.59 bits per heavy atom. The van der Waals surface area contributed by atoms with Crippen molar-refractivity contribution >= 4 is 17.5 Å². The van der Waals surface area contributed by atoms with Crippen molar-refractivity contribution in [2.45, 2.75) is 19.3 Å². The van der Waals surface area contributed by atoms with Crippen molar-refractivity contribution in [1.29, 1.82) is 0 Å². The van der Waals surface area contributed by atoms with Crippen LogP contribution in [0.2, 0.25) is 0 Å². The van der Waals surface area contributed by atoms with E-state index in [9.17, 15) is 14.0 Å². The fourth-order valence-electron chi connectivity index (χ4n) is 4.43. The molecule has 1 aromatic rings. The third-order valence-electron chi connectivity index (χ3n) is 5.80. The normalized spacial score (nSPS) is 26.8. The van der Waals surface area contributed by atoms with E-state index in [0.29, 0.717) is 51.5 Å². The van der Waals surface area contributed by atoms with E-state index in [1.54, 1.807) is 17.0 Å². The number of benzene rings is 1. The Balaban J connectivity index is 1.45. The molecule has 0 bridgehead atoms. The Bertz CT molecular complexity index is 705. The average Bonchev–Trinajstić information content (AvgIpc) is 3.23. The summed E-state index contributed by atoms with van der Waals surface area (Å²) >= 11 is 0. The second-order valence-corrected chi connectivity index (χ2v) is 7.98. The van der Waals surface area contributed by atoms with E-state index in [1.165, 1.54) is 12.1 Å². The lowest BCUT2D eigenvalue weighted by Crippen LogP contribution is -2.45. The molecule has 3 fully saturated rings. The van der Waals surface area contributed by atoms with Gasteiger partial charge in [0.15, 0.2) is 0 Å². The van der Waals surface area contributed by atoms with Gasteiger partial charge in [-0.05, 0) is 37.1 Å². The quantitative estimate of drug-likeness (QED) is 0.804. The van der Waals surface area contributed by atoms with Crippen LogP contribution < -0.4 is 4.90 Å². The van der Waals surface area contributed by atoms with Crippen LogP contribution in [0.5, 0.6) is 0 Å². The second-order valence-electron chi connectivity index (χ2n) is 7.98. The molecule has 1 atom stereocenters. The maximum Gasteiger partial charge on any atom is 0.236 e. The third-order valence-corrected chi connectivity index (χ3v) is 5.80. The van der Waals surface area contributed by atoms with Crippen LogP contribution in [-0.4, -0.2) is 74.1 Å². The van der Waals surface area contributed by atoms with Crippen molar-refractivity contribution in [1.82, 2.24) is 9.80 Å². The number of ether oxygens (including phenoxy) is 1. The number of amides is 2. The summed E-state index contributed by atoms with van der Waals surface area (Å²) in [5.74, 6) is -0.119. The number of hydrogen-bond acceptors (Lipinski definition) is 4. The molecular formula is C20H26FN3O3. The van der Waals surface area contributed by atoms with Crippen LogP contribution in [0.3, 0.4) is 0 Å². The minimum Gasteiger partial charge on any atom is -0.379 e. The highest BCUT2D eigenvalue weighted by Gasteiger charge is 2.46. The minimum atomic E-state index is -0.326. The SMILES string of the molecule is O=C(CN1CCOCC2(CC(=O)N(c3ccc(F)cc3)C2)C1)N1CCCC1. The summed E-state index contributed by atoms with van der Waals surface area (Å²) < 4.78 is 19.0. The summed E-state index contributed by atoms with van der Waals surface area (Å²) in [5.41, 5.74) is 0.384. The maximum atomic E-state index is 13.2. The Morgan fingerprint density at radius 2 is 1.85 bits per heavy atom. The van der Waals surface area contributed by atoms with Gasteiger partial charge in [0.25, 0.3) is 0 Å². The molecule has 6 nitrogen and oxygen atoms in total. The molecule has 0 aliphatic carbocycles. The number of carbonyl (C=O) groups excluding carboxylic acids is 2. The Hall–Kier alpha value is -1.99. The first-order valence-electron chi connectivity index (χ1n) is 9.69. The van der Waals surface area contributed by atoms with Gasteiger partial charge < -0.3 is 14.5 Å². The van der Waals surface area contributed by atoms with E-state index in [2.05, 4.69) is 4.90 Å². The molecule has 1 spiro atoms. The predicted molar refractivity (Wildman–Crippen MR) is 98.9 cm³/mol. The number of likely N-dealkylation sites (tertiary alicyclic amines) is 1. The van der Waals surface area contributed by atoms with Gasteiger partial charge in [0.2, 0.25) is 11.8 Å². The Kier molecular flexibility index (Phi) is 5.14. The van der Waals surface area contributed by atoms with Crippen LogP contribution >= 0.6 is 0 Å². The molecule has 0 aromatic heterocycles. The molecule has 7 heteroatoms. The highest BCUT2D eigenvalue weighted by molar-refractivity contribution is 5.96. The van der Waals surface area contributed by atoms with Gasteiger partial charge in [-0.3, -0.25) is 14.5 Å². The van der Waals surface area contributed by atoms with Crippen LogP contribution in [-0.2, 0) is 14.3 Å². The number of rotatable bonds is 3. The van der Waals surface area contributed by atoms with Gasteiger partial charge in [-0.25, -0.2) is 4.39 Å². The fourth-order valence-corrected chi connectivity index (χ4v) is 4.43. The van der Waals surface area contributed by atoms with Gasteiger partial charge in [-0.2, -0.15) is 0 Å². The van der Waals surface area contributed by atoms with Crippen LogP contribution in [0.4, 0.5) is 10.1 Å². The van der Waals surface area contributed by atoms with E-state index in [4.69, 9.17) is 4.74 Å². The zero-order valence-corrected chi connectivity index (χ0v) is 15.5. The van der Waals surface area contributed by atoms with Crippen molar-refractivity contribution in [2.75, 3.05) is 57.4 Å². The molecule has 0 N–H and O–H groups in total. The van der Waals surface area contributed by atoms with Crippen molar-refractivity contribution < 1.29 is 18.7 Å². The number of nitrogens with zero attached hydrogens (tertiary/aromatic N) is 3. The molecule has 3 aliphatic heterocycles. The largest absolute Gasteiger partial charge is 0.379 e. The molecule has 4 rings (SSSR count). The lowest BCUT2D eigenvalue weighted by atomic mass is 9.87. The highest BCUT2D eigenvalue weighted by atomic mass is 19.1. The van der Waals surface area contributed by atoms with Gasteiger partial charge >= 0.3 is 0 Å². The van der Waals surface area contributed by atoms with Crippen molar-refractivity contribution in [3.05, 3.63) is 30.1 Å². The van der Waals surface area contributed by atoms with Crippen LogP contribution in [0.25, 0.3) is 0 Å². The molecule has 2 amide bonds. The van der Waals surface area contributed by atoms with Crippen LogP contribution in [0, 0.1) is 11.2 Å². The summed E-state index contributed by atoms with van der Waals surface area (Å²) in [4.78, 5) is 31.0. The summed E-state index contributed by atoms with van der Waals surface area (Å²) in [5, 5.41) is 0. The Morgan fingerprint density at radius 1 is 1.11 bits per heavy atom. The summed E-state index contributed by atoms with van der Waals surface area (Å²) in [6, 6.07) is 6.02. The lowest BCUT2D eigenvalue weighted by molar-refractivity contribution is -0.131. The van der Waals surface area contributed by atoms with Crippen molar-refractivity contribution in [3.8, 4) is 0 Å². The van der Waals surface area contributed by atoms with E-state index in [0.717, 1.165) is 25.9 Å². The number of hydrogen-bond donors (Lipinski definition) is 0. The highest BCUT2D eigenvalue weighted by Crippen LogP contribution is 2.37. The van der Waals surface area contributed by atoms with Gasteiger partial charge in [0.1, 0.15) is 5.82 Å². The molecule has 27 heavy (non-hydrogen) atoms. The van der Waals surface area contributed by atoms with Crippen LogP contribution in [0.15, 0.2) is 24.3 Å². The molecule has 3 heterocycles. The smallest absolute Gasteiger partial charge is 0.236 e. The zero-order chi connectivity index (χ0) is 18.9. The third kappa shape index (κ3) is 3.99. The fraction of sp³-hybridized carbons (Fsp3) is 0.600. The second kappa shape index (κ2) is 7.56. The molecule has 146 valence electrons. The lowest BCUT2D eigenvalue weighted by Gasteiger charge is -2.31. The summed E-state index contributed by atoms with van der Waals surface area (Å²) in [6.07, 6.45) is 2.55. The molecule has 0 radical (unpaired) electrons. The molecular weight excluding hydrogens is 349 g/mol. The maximum absolute atomic E-state index is 13.2. The van der Waals surface area contributed by atoms with Gasteiger partial charge in [0.05, 0.1) is 19.8 Å². The predicted octanol–water partition coefficient (Wildman–Crippen LogP) is 1.50. The van der Waals surface area contributed by atoms with Gasteiger partial charge in [0, 0.05) is 50.2 Å². The molecule has 3 aliphatic rings. The zero-order valence-electron chi connectivity index (χ0n) is 15.5. The van der Waals surface area contributed by atoms with E-state index in [1.807, 2.05) is 4.90 Å². The van der Waals surface area contributed by atoms with E-state index < -0.39 is 0 Å². The van der Waals surface area contributed by atoms with E-state index in [-0.39, 0.29) is 23.0 Å².